The Hall–Kier alpha value is -1.95. The van der Waals surface area contributed by atoms with Gasteiger partial charge >= 0.3 is 0 Å². The standard InChI is InChI=1S/C13H16N4OS/c1-9-6-7-19-11(9)8-14-12-5-4-10(15-16-12)13(18)17(2)3/h4-7H,8H2,1-3H3,(H,14,16). The van der Waals surface area contributed by atoms with Gasteiger partial charge in [-0.05, 0) is 36.1 Å². The van der Waals surface area contributed by atoms with E-state index in [4.69, 9.17) is 0 Å². The number of thiophene rings is 1. The van der Waals surface area contributed by atoms with Crippen LogP contribution in [0.15, 0.2) is 23.6 Å². The minimum Gasteiger partial charge on any atom is -0.364 e. The lowest BCUT2D eigenvalue weighted by atomic mass is 10.3. The van der Waals surface area contributed by atoms with E-state index in [1.54, 1.807) is 37.6 Å². The van der Waals surface area contributed by atoms with Crippen molar-refractivity contribution in [1.29, 1.82) is 0 Å². The first-order chi connectivity index (χ1) is 9.08. The van der Waals surface area contributed by atoms with E-state index >= 15 is 0 Å². The molecular formula is C13H16N4OS. The lowest BCUT2D eigenvalue weighted by molar-refractivity contribution is 0.0821. The molecule has 0 aliphatic heterocycles. The Morgan fingerprint density at radius 3 is 2.63 bits per heavy atom. The predicted molar refractivity (Wildman–Crippen MR) is 76.4 cm³/mol. The van der Waals surface area contributed by atoms with E-state index in [2.05, 4.69) is 33.9 Å². The molecule has 2 heterocycles. The summed E-state index contributed by atoms with van der Waals surface area (Å²) in [4.78, 5) is 14.4. The van der Waals surface area contributed by atoms with Gasteiger partial charge in [-0.1, -0.05) is 0 Å². The van der Waals surface area contributed by atoms with Gasteiger partial charge in [0, 0.05) is 19.0 Å². The van der Waals surface area contributed by atoms with E-state index < -0.39 is 0 Å². The molecule has 0 radical (unpaired) electrons. The number of aromatic nitrogens is 2. The van der Waals surface area contributed by atoms with Gasteiger partial charge in [0.05, 0.1) is 6.54 Å². The molecule has 5 nitrogen and oxygen atoms in total. The molecule has 0 fully saturated rings. The van der Waals surface area contributed by atoms with Gasteiger partial charge in [-0.2, -0.15) is 0 Å². The van der Waals surface area contributed by atoms with Crippen LogP contribution in [-0.4, -0.2) is 35.1 Å². The fourth-order valence-corrected chi connectivity index (χ4v) is 2.37. The van der Waals surface area contributed by atoms with Crippen LogP contribution in [-0.2, 0) is 6.54 Å². The molecule has 1 N–H and O–H groups in total. The first kappa shape index (κ1) is 13.5. The van der Waals surface area contributed by atoms with Gasteiger partial charge in [-0.25, -0.2) is 0 Å². The number of aryl methyl sites for hydroxylation is 1. The summed E-state index contributed by atoms with van der Waals surface area (Å²) in [6.45, 7) is 2.80. The average Bonchev–Trinajstić information content (AvgIpc) is 2.81. The molecule has 2 aromatic rings. The number of hydrogen-bond donors (Lipinski definition) is 1. The van der Waals surface area contributed by atoms with Gasteiger partial charge < -0.3 is 10.2 Å². The van der Waals surface area contributed by atoms with Gasteiger partial charge in [0.15, 0.2) is 5.69 Å². The highest BCUT2D eigenvalue weighted by Crippen LogP contribution is 2.16. The van der Waals surface area contributed by atoms with Gasteiger partial charge in [0.25, 0.3) is 5.91 Å². The Morgan fingerprint density at radius 2 is 2.11 bits per heavy atom. The molecule has 2 aromatic heterocycles. The van der Waals surface area contributed by atoms with Crippen LogP contribution in [0.5, 0.6) is 0 Å². The molecular weight excluding hydrogens is 260 g/mol. The molecule has 0 aliphatic rings. The minimum atomic E-state index is -0.145. The summed E-state index contributed by atoms with van der Waals surface area (Å²) in [5.41, 5.74) is 1.62. The summed E-state index contributed by atoms with van der Waals surface area (Å²) in [6.07, 6.45) is 0. The topological polar surface area (TPSA) is 58.1 Å². The van der Waals surface area contributed by atoms with Crippen molar-refractivity contribution < 1.29 is 4.79 Å². The zero-order valence-electron chi connectivity index (χ0n) is 11.2. The Morgan fingerprint density at radius 1 is 1.32 bits per heavy atom. The van der Waals surface area contributed by atoms with Crippen LogP contribution < -0.4 is 5.32 Å². The number of rotatable bonds is 4. The van der Waals surface area contributed by atoms with E-state index in [9.17, 15) is 4.79 Å². The van der Waals surface area contributed by atoms with E-state index in [1.807, 2.05) is 0 Å². The van der Waals surface area contributed by atoms with Crippen molar-refractivity contribution in [3.05, 3.63) is 39.7 Å². The molecule has 0 saturated heterocycles. The van der Waals surface area contributed by atoms with Gasteiger partial charge in [0.1, 0.15) is 5.82 Å². The van der Waals surface area contributed by atoms with Crippen LogP contribution in [0.2, 0.25) is 0 Å². The maximum absolute atomic E-state index is 11.6. The van der Waals surface area contributed by atoms with Crippen molar-refractivity contribution in [1.82, 2.24) is 15.1 Å². The third-order valence-corrected chi connectivity index (χ3v) is 3.71. The molecule has 6 heteroatoms. The molecule has 19 heavy (non-hydrogen) atoms. The van der Waals surface area contributed by atoms with Crippen LogP contribution >= 0.6 is 11.3 Å². The smallest absolute Gasteiger partial charge is 0.273 e. The van der Waals surface area contributed by atoms with Crippen molar-refractivity contribution in [3.63, 3.8) is 0 Å². The van der Waals surface area contributed by atoms with Crippen LogP contribution in [0.4, 0.5) is 5.82 Å². The summed E-state index contributed by atoms with van der Waals surface area (Å²) < 4.78 is 0. The number of carbonyl (C=O) groups excluding carboxylic acids is 1. The fourth-order valence-electron chi connectivity index (χ4n) is 1.53. The number of carbonyl (C=O) groups is 1. The number of nitrogens with zero attached hydrogens (tertiary/aromatic N) is 3. The third-order valence-electron chi connectivity index (χ3n) is 2.69. The third kappa shape index (κ3) is 3.29. The van der Waals surface area contributed by atoms with E-state index in [-0.39, 0.29) is 5.91 Å². The molecule has 100 valence electrons. The van der Waals surface area contributed by atoms with Crippen LogP contribution in [0.3, 0.4) is 0 Å². The van der Waals surface area contributed by atoms with Crippen molar-refractivity contribution >= 4 is 23.1 Å². The Balaban J connectivity index is 1.99. The SMILES string of the molecule is Cc1ccsc1CNc1ccc(C(=O)N(C)C)nn1. The summed E-state index contributed by atoms with van der Waals surface area (Å²) in [7, 11) is 3.38. The minimum absolute atomic E-state index is 0.145. The second-order valence-electron chi connectivity index (χ2n) is 4.38. The summed E-state index contributed by atoms with van der Waals surface area (Å²) in [5.74, 6) is 0.524. The monoisotopic (exact) mass is 276 g/mol. The second-order valence-corrected chi connectivity index (χ2v) is 5.38. The highest BCUT2D eigenvalue weighted by atomic mass is 32.1. The molecule has 0 bridgehead atoms. The van der Waals surface area contributed by atoms with E-state index in [1.165, 1.54) is 15.3 Å². The largest absolute Gasteiger partial charge is 0.364 e. The van der Waals surface area contributed by atoms with Crippen LogP contribution in [0, 0.1) is 6.92 Å². The number of anilines is 1. The Bertz CT molecular complexity index is 562. The molecule has 0 spiro atoms. The second kappa shape index (κ2) is 5.79. The zero-order chi connectivity index (χ0) is 13.8. The Kier molecular flexibility index (Phi) is 4.11. The lowest BCUT2D eigenvalue weighted by Crippen LogP contribution is -2.23. The molecule has 0 aliphatic carbocycles. The number of amides is 1. The average molecular weight is 276 g/mol. The lowest BCUT2D eigenvalue weighted by Gasteiger charge is -2.09. The highest BCUT2D eigenvalue weighted by molar-refractivity contribution is 7.10. The number of hydrogen-bond acceptors (Lipinski definition) is 5. The quantitative estimate of drug-likeness (QED) is 0.929. The summed E-state index contributed by atoms with van der Waals surface area (Å²) in [5, 5.41) is 13.2. The van der Waals surface area contributed by atoms with Gasteiger partial charge in [0.2, 0.25) is 0 Å². The molecule has 2 rings (SSSR count). The summed E-state index contributed by atoms with van der Waals surface area (Å²) in [6, 6.07) is 5.54. The van der Waals surface area contributed by atoms with Crippen molar-refractivity contribution in [2.45, 2.75) is 13.5 Å². The molecule has 0 unspecified atom stereocenters. The maximum atomic E-state index is 11.6. The maximum Gasteiger partial charge on any atom is 0.273 e. The molecule has 0 aromatic carbocycles. The number of nitrogens with one attached hydrogen (secondary N) is 1. The normalized spacial score (nSPS) is 10.3. The van der Waals surface area contributed by atoms with Gasteiger partial charge in [-0.3, -0.25) is 4.79 Å². The van der Waals surface area contributed by atoms with Crippen LogP contribution in [0.25, 0.3) is 0 Å². The predicted octanol–water partition coefficient (Wildman–Crippen LogP) is 2.16. The van der Waals surface area contributed by atoms with Crippen molar-refractivity contribution in [3.8, 4) is 0 Å². The fraction of sp³-hybridized carbons (Fsp3) is 0.308. The van der Waals surface area contributed by atoms with Crippen molar-refractivity contribution in [2.75, 3.05) is 19.4 Å². The first-order valence-electron chi connectivity index (χ1n) is 5.90. The van der Waals surface area contributed by atoms with Crippen molar-refractivity contribution in [2.24, 2.45) is 0 Å². The van der Waals surface area contributed by atoms with Crippen LogP contribution in [0.1, 0.15) is 20.9 Å². The first-order valence-corrected chi connectivity index (χ1v) is 6.78. The molecule has 1 amide bonds. The zero-order valence-corrected chi connectivity index (χ0v) is 12.0. The van der Waals surface area contributed by atoms with E-state index in [0.29, 0.717) is 11.5 Å². The van der Waals surface area contributed by atoms with Gasteiger partial charge in [-0.15, -0.1) is 21.5 Å². The van der Waals surface area contributed by atoms with E-state index in [0.717, 1.165) is 6.54 Å². The highest BCUT2D eigenvalue weighted by Gasteiger charge is 2.10. The summed E-state index contributed by atoms with van der Waals surface area (Å²) >= 11 is 1.71. The molecule has 0 saturated carbocycles. The Labute approximate surface area is 116 Å². The molecule has 0 atom stereocenters.